The number of hydrogen-bond donors (Lipinski definition) is 4. The van der Waals surface area contributed by atoms with Crippen LogP contribution in [0.25, 0.3) is 10.9 Å². The van der Waals surface area contributed by atoms with Gasteiger partial charge in [-0.1, -0.05) is 67.4 Å². The third-order valence-electron chi connectivity index (χ3n) is 9.30. The molecule has 5 atom stereocenters. The van der Waals surface area contributed by atoms with Crippen LogP contribution in [0.15, 0.2) is 66.7 Å². The molecule has 2 fully saturated rings. The highest BCUT2D eigenvalue weighted by Gasteiger charge is 2.42. The number of carbonyl (C=O) groups excluding carboxylic acids is 3. The van der Waals surface area contributed by atoms with Crippen molar-refractivity contribution in [2.24, 2.45) is 17.4 Å². The molecule has 3 aromatic rings. The lowest BCUT2D eigenvalue weighted by Gasteiger charge is -2.49. The van der Waals surface area contributed by atoms with E-state index in [1.54, 1.807) is 19.2 Å². The lowest BCUT2D eigenvalue weighted by Crippen LogP contribution is -2.61. The summed E-state index contributed by atoms with van der Waals surface area (Å²) in [6.07, 6.45) is 5.36. The van der Waals surface area contributed by atoms with Gasteiger partial charge in [0, 0.05) is 37.7 Å². The van der Waals surface area contributed by atoms with Crippen LogP contribution in [0.3, 0.4) is 0 Å². The van der Waals surface area contributed by atoms with Crippen LogP contribution in [-0.4, -0.2) is 78.1 Å². The van der Waals surface area contributed by atoms with Crippen molar-refractivity contribution in [3.05, 3.63) is 78.0 Å². The van der Waals surface area contributed by atoms with E-state index in [1.807, 2.05) is 54.6 Å². The van der Waals surface area contributed by atoms with Crippen molar-refractivity contribution in [2.45, 2.75) is 68.7 Å². The van der Waals surface area contributed by atoms with Gasteiger partial charge in [-0.15, -0.1) is 0 Å². The van der Waals surface area contributed by atoms with Gasteiger partial charge in [-0.3, -0.25) is 14.4 Å². The van der Waals surface area contributed by atoms with E-state index < -0.39 is 29.8 Å². The van der Waals surface area contributed by atoms with Crippen LogP contribution in [0.1, 0.15) is 54.6 Å². The van der Waals surface area contributed by atoms with Gasteiger partial charge in [0.05, 0.1) is 24.1 Å². The molecule has 44 heavy (non-hydrogen) atoms. The fourth-order valence-corrected chi connectivity index (χ4v) is 6.76. The van der Waals surface area contributed by atoms with Gasteiger partial charge in [0.15, 0.2) is 0 Å². The molecule has 10 nitrogen and oxygen atoms in total. The quantitative estimate of drug-likeness (QED) is 0.249. The van der Waals surface area contributed by atoms with Crippen LogP contribution in [0.4, 0.5) is 0 Å². The molecular formula is C34H44N6O4. The molecule has 1 saturated carbocycles. The predicted molar refractivity (Wildman–Crippen MR) is 170 cm³/mol. The van der Waals surface area contributed by atoms with Crippen molar-refractivity contribution in [3.63, 3.8) is 0 Å². The number of hydrogen-bond acceptors (Lipinski definition) is 7. The molecule has 1 saturated heterocycles. The number of ether oxygens (including phenoxy) is 1. The van der Waals surface area contributed by atoms with Crippen molar-refractivity contribution < 1.29 is 19.1 Å². The van der Waals surface area contributed by atoms with Gasteiger partial charge in [-0.05, 0) is 49.3 Å². The summed E-state index contributed by atoms with van der Waals surface area (Å²) in [6.45, 7) is 2.40. The Morgan fingerprint density at radius 1 is 1.02 bits per heavy atom. The van der Waals surface area contributed by atoms with Crippen LogP contribution in [-0.2, 0) is 20.7 Å². The number of piperidine rings is 1. The van der Waals surface area contributed by atoms with E-state index in [1.165, 1.54) is 12.8 Å². The Labute approximate surface area is 258 Å². The third-order valence-corrected chi connectivity index (χ3v) is 9.30. The molecule has 0 radical (unpaired) electrons. The van der Waals surface area contributed by atoms with E-state index in [4.69, 9.17) is 16.2 Å². The normalized spacial score (nSPS) is 22.4. The fraction of sp³-hybridized carbons (Fsp3) is 0.471. The summed E-state index contributed by atoms with van der Waals surface area (Å²) < 4.78 is 6.03. The van der Waals surface area contributed by atoms with Crippen LogP contribution in [0.2, 0.25) is 0 Å². The Bertz CT molecular complexity index is 1450. The third kappa shape index (κ3) is 7.80. The molecule has 4 unspecified atom stereocenters. The molecule has 2 heterocycles. The van der Waals surface area contributed by atoms with Crippen LogP contribution in [0.5, 0.6) is 0 Å². The summed E-state index contributed by atoms with van der Waals surface area (Å²) in [4.78, 5) is 45.8. The number of primary amides is 1. The maximum absolute atomic E-state index is 13.8. The molecule has 5 rings (SSSR count). The van der Waals surface area contributed by atoms with Gasteiger partial charge in [0.25, 0.3) is 5.91 Å². The maximum atomic E-state index is 13.8. The number of rotatable bonds is 12. The van der Waals surface area contributed by atoms with Crippen LogP contribution in [0, 0.1) is 5.92 Å². The Hall–Kier alpha value is -3.86. The lowest BCUT2D eigenvalue weighted by atomic mass is 9.69. The number of amides is 3. The average molecular weight is 601 g/mol. The van der Waals surface area contributed by atoms with Gasteiger partial charge >= 0.3 is 0 Å². The van der Waals surface area contributed by atoms with E-state index in [2.05, 4.69) is 20.5 Å². The summed E-state index contributed by atoms with van der Waals surface area (Å²) in [5.74, 6) is -1.33. The summed E-state index contributed by atoms with van der Waals surface area (Å²) >= 11 is 0. The van der Waals surface area contributed by atoms with E-state index in [9.17, 15) is 14.4 Å². The lowest BCUT2D eigenvalue weighted by molar-refractivity contribution is -0.128. The summed E-state index contributed by atoms with van der Waals surface area (Å²) in [6, 6.07) is 19.1. The zero-order valence-electron chi connectivity index (χ0n) is 25.4. The van der Waals surface area contributed by atoms with Crippen molar-refractivity contribution in [1.29, 1.82) is 0 Å². The van der Waals surface area contributed by atoms with Crippen molar-refractivity contribution in [3.8, 4) is 0 Å². The average Bonchev–Trinajstić information content (AvgIpc) is 3.03. The number of fused-ring (bicyclic) bond motifs is 2. The van der Waals surface area contributed by atoms with Crippen molar-refractivity contribution in [1.82, 2.24) is 20.5 Å². The highest BCUT2D eigenvalue weighted by molar-refractivity contribution is 5.99. The second kappa shape index (κ2) is 14.3. The number of likely N-dealkylation sites (tertiary alicyclic amines) is 1. The molecule has 1 aliphatic heterocycles. The molecule has 234 valence electrons. The van der Waals surface area contributed by atoms with E-state index >= 15 is 0 Å². The van der Waals surface area contributed by atoms with Gasteiger partial charge < -0.3 is 31.7 Å². The van der Waals surface area contributed by atoms with Gasteiger partial charge in [-0.25, -0.2) is 4.98 Å². The Morgan fingerprint density at radius 2 is 1.80 bits per heavy atom. The molecule has 0 spiro atoms. The molecule has 10 heteroatoms. The second-order valence-corrected chi connectivity index (χ2v) is 12.4. The highest BCUT2D eigenvalue weighted by Crippen LogP contribution is 2.38. The molecule has 2 aliphatic rings. The first kappa shape index (κ1) is 31.6. The number of methoxy groups -OCH3 is 1. The smallest absolute Gasteiger partial charge is 0.270 e. The highest BCUT2D eigenvalue weighted by atomic mass is 16.5. The number of nitrogens with zero attached hydrogens (tertiary/aromatic N) is 2. The second-order valence-electron chi connectivity index (χ2n) is 12.4. The molecule has 1 aromatic heterocycles. The van der Waals surface area contributed by atoms with Gasteiger partial charge in [0.1, 0.15) is 11.7 Å². The number of aromatic nitrogens is 1. The first-order valence-corrected chi connectivity index (χ1v) is 15.6. The van der Waals surface area contributed by atoms with Crippen LogP contribution >= 0.6 is 0 Å². The number of para-hydroxylation sites is 1. The summed E-state index contributed by atoms with van der Waals surface area (Å²) in [5.41, 5.74) is 14.1. The Morgan fingerprint density at radius 3 is 2.57 bits per heavy atom. The molecule has 3 amide bonds. The number of carbonyl (C=O) groups is 3. The SMILES string of the molecule is COC(CN1CCC2(N)CCCCC2C1)C(Cc1ccccc1)NC(=O)[C@H](CC(N)=O)NC(=O)c1ccc2ccccc2n1. The molecule has 6 N–H and O–H groups in total. The van der Waals surface area contributed by atoms with Gasteiger partial charge in [0.2, 0.25) is 11.8 Å². The zero-order valence-corrected chi connectivity index (χ0v) is 25.4. The van der Waals surface area contributed by atoms with E-state index in [0.29, 0.717) is 24.4 Å². The standard InChI is InChI=1S/C34H44N6O4/c1-44-30(22-40-18-17-34(36)16-8-7-12-25(34)21-40)28(19-23-9-3-2-4-10-23)38-33(43)29(20-31(35)41)39-32(42)27-15-14-24-11-5-6-13-26(24)37-27/h2-6,9-11,13-15,25,28-30H,7-8,12,16-22,36H2,1H3,(H2,35,41)(H,38,43)(H,39,42)/t25?,28?,29-,30?,34?/m0/s1. The fourth-order valence-electron chi connectivity index (χ4n) is 6.76. The van der Waals surface area contributed by atoms with Crippen molar-refractivity contribution in [2.75, 3.05) is 26.7 Å². The Balaban J connectivity index is 1.32. The van der Waals surface area contributed by atoms with Crippen LogP contribution < -0.4 is 22.1 Å². The minimum Gasteiger partial charge on any atom is -0.378 e. The predicted octanol–water partition coefficient (Wildman–Crippen LogP) is 2.54. The minimum atomic E-state index is -1.18. The molecular weight excluding hydrogens is 556 g/mol. The number of nitrogens with one attached hydrogen (secondary N) is 2. The Kier molecular flexibility index (Phi) is 10.2. The monoisotopic (exact) mass is 600 g/mol. The number of pyridine rings is 1. The topological polar surface area (TPSA) is 153 Å². The van der Waals surface area contributed by atoms with Crippen molar-refractivity contribution >= 4 is 28.6 Å². The molecule has 0 bridgehead atoms. The number of benzene rings is 2. The van der Waals surface area contributed by atoms with E-state index in [-0.39, 0.29) is 23.8 Å². The van der Waals surface area contributed by atoms with E-state index in [0.717, 1.165) is 43.3 Å². The zero-order chi connectivity index (χ0) is 31.1. The summed E-state index contributed by atoms with van der Waals surface area (Å²) in [7, 11) is 1.65. The number of nitrogens with two attached hydrogens (primary N) is 2. The molecule has 1 aliphatic carbocycles. The largest absolute Gasteiger partial charge is 0.378 e. The minimum absolute atomic E-state index is 0.0882. The first-order valence-electron chi connectivity index (χ1n) is 15.6. The maximum Gasteiger partial charge on any atom is 0.270 e. The first-order chi connectivity index (χ1) is 21.2. The van der Waals surface area contributed by atoms with Gasteiger partial charge in [-0.2, -0.15) is 0 Å². The summed E-state index contributed by atoms with van der Waals surface area (Å²) in [5, 5.41) is 6.68. The molecule has 2 aromatic carbocycles.